The Labute approximate surface area is 114 Å². The summed E-state index contributed by atoms with van der Waals surface area (Å²) in [5.74, 6) is -0.935. The predicted molar refractivity (Wildman–Crippen MR) is 75.6 cm³/mol. The molecule has 0 aliphatic heterocycles. The molecule has 0 unspecified atom stereocenters. The van der Waals surface area contributed by atoms with Crippen molar-refractivity contribution in [3.63, 3.8) is 0 Å². The van der Waals surface area contributed by atoms with E-state index in [9.17, 15) is 9.59 Å². The van der Waals surface area contributed by atoms with Crippen molar-refractivity contribution >= 4 is 23.2 Å². The van der Waals surface area contributed by atoms with Crippen molar-refractivity contribution in [2.24, 2.45) is 0 Å². The number of benzene rings is 2. The lowest BCUT2D eigenvalue weighted by atomic mass is 10.1. The molecule has 0 bridgehead atoms. The van der Waals surface area contributed by atoms with E-state index in [-0.39, 0.29) is 5.56 Å². The average Bonchev–Trinajstić information content (AvgIpc) is 2.90. The van der Waals surface area contributed by atoms with Crippen LogP contribution in [0.2, 0.25) is 0 Å². The van der Waals surface area contributed by atoms with E-state index >= 15 is 0 Å². The van der Waals surface area contributed by atoms with Crippen molar-refractivity contribution in [1.29, 1.82) is 0 Å². The van der Waals surface area contributed by atoms with Crippen molar-refractivity contribution in [1.82, 2.24) is 4.57 Å². The van der Waals surface area contributed by atoms with Crippen molar-refractivity contribution in [3.8, 4) is 5.69 Å². The van der Waals surface area contributed by atoms with Crippen LogP contribution in [-0.4, -0.2) is 21.9 Å². The van der Waals surface area contributed by atoms with E-state index in [1.54, 1.807) is 30.3 Å². The van der Waals surface area contributed by atoms with Crippen LogP contribution in [0.3, 0.4) is 0 Å². The third-order valence-corrected chi connectivity index (χ3v) is 3.24. The Bertz CT molecular complexity index is 800. The quantitative estimate of drug-likeness (QED) is 0.740. The molecule has 0 atom stereocenters. The number of carbonyl (C=O) groups excluding carboxylic acids is 1. The molecule has 1 aromatic heterocycles. The smallest absolute Gasteiger partial charge is 0.335 e. The lowest BCUT2D eigenvalue weighted by Crippen LogP contribution is -1.96. The first kappa shape index (κ1) is 12.2. The zero-order valence-corrected chi connectivity index (χ0v) is 10.5. The lowest BCUT2D eigenvalue weighted by Gasteiger charge is -2.06. The molecule has 20 heavy (non-hydrogen) atoms. The average molecular weight is 265 g/mol. The van der Waals surface area contributed by atoms with Crippen LogP contribution in [0.5, 0.6) is 0 Å². The van der Waals surface area contributed by atoms with Crippen LogP contribution in [0.25, 0.3) is 16.6 Å². The maximum atomic E-state index is 11.0. The number of carbonyl (C=O) groups is 2. The highest BCUT2D eigenvalue weighted by atomic mass is 16.4. The maximum absolute atomic E-state index is 11.0. The molecule has 0 spiro atoms. The van der Waals surface area contributed by atoms with Crippen LogP contribution in [0.1, 0.15) is 20.7 Å². The summed E-state index contributed by atoms with van der Waals surface area (Å²) < 4.78 is 1.95. The fourth-order valence-corrected chi connectivity index (χ4v) is 2.21. The Hall–Kier alpha value is -2.88. The van der Waals surface area contributed by atoms with Crippen LogP contribution >= 0.6 is 0 Å². The van der Waals surface area contributed by atoms with Crippen molar-refractivity contribution in [3.05, 3.63) is 65.9 Å². The summed E-state index contributed by atoms with van der Waals surface area (Å²) in [5, 5.41) is 9.85. The monoisotopic (exact) mass is 265 g/mol. The van der Waals surface area contributed by atoms with Gasteiger partial charge >= 0.3 is 5.97 Å². The minimum absolute atomic E-state index is 0.270. The van der Waals surface area contributed by atoms with Gasteiger partial charge in [-0.1, -0.05) is 0 Å². The minimum Gasteiger partial charge on any atom is -0.478 e. The Balaban J connectivity index is 2.11. The highest BCUT2D eigenvalue weighted by Crippen LogP contribution is 2.22. The van der Waals surface area contributed by atoms with Crippen molar-refractivity contribution in [2.45, 2.75) is 0 Å². The van der Waals surface area contributed by atoms with Gasteiger partial charge in [0.1, 0.15) is 6.29 Å². The van der Waals surface area contributed by atoms with Crippen molar-refractivity contribution < 1.29 is 14.7 Å². The van der Waals surface area contributed by atoms with Crippen LogP contribution in [0.4, 0.5) is 0 Å². The molecule has 98 valence electrons. The van der Waals surface area contributed by atoms with E-state index in [0.717, 1.165) is 22.9 Å². The molecule has 0 aliphatic rings. The second-order valence-corrected chi connectivity index (χ2v) is 4.47. The molecule has 1 N–H and O–H groups in total. The van der Waals surface area contributed by atoms with Crippen LogP contribution in [0.15, 0.2) is 54.7 Å². The molecule has 0 saturated heterocycles. The number of aldehydes is 1. The summed E-state index contributed by atoms with van der Waals surface area (Å²) in [4.78, 5) is 21.6. The first-order valence-corrected chi connectivity index (χ1v) is 6.09. The Morgan fingerprint density at radius 3 is 2.45 bits per heavy atom. The number of aromatic nitrogens is 1. The van der Waals surface area contributed by atoms with Crippen LogP contribution in [-0.2, 0) is 0 Å². The molecule has 0 radical (unpaired) electrons. The fraction of sp³-hybridized carbons (Fsp3) is 0. The van der Waals surface area contributed by atoms with Gasteiger partial charge in [-0.05, 0) is 48.5 Å². The molecular formula is C16H11NO3. The Kier molecular flexibility index (Phi) is 2.84. The van der Waals surface area contributed by atoms with E-state index in [1.807, 2.05) is 29.0 Å². The minimum atomic E-state index is -0.935. The lowest BCUT2D eigenvalue weighted by molar-refractivity contribution is 0.0697. The van der Waals surface area contributed by atoms with Crippen molar-refractivity contribution in [2.75, 3.05) is 0 Å². The number of rotatable bonds is 3. The highest BCUT2D eigenvalue weighted by molar-refractivity contribution is 5.94. The summed E-state index contributed by atoms with van der Waals surface area (Å²) in [5.41, 5.74) is 2.74. The van der Waals surface area contributed by atoms with Crippen LogP contribution in [0, 0.1) is 0 Å². The van der Waals surface area contributed by atoms with E-state index in [0.29, 0.717) is 5.56 Å². The zero-order chi connectivity index (χ0) is 14.1. The predicted octanol–water partition coefficient (Wildman–Crippen LogP) is 3.14. The molecule has 0 saturated carbocycles. The fourth-order valence-electron chi connectivity index (χ4n) is 2.21. The number of fused-ring (bicyclic) bond motifs is 1. The maximum Gasteiger partial charge on any atom is 0.335 e. The molecule has 3 aromatic rings. The van der Waals surface area contributed by atoms with Crippen LogP contribution < -0.4 is 0 Å². The summed E-state index contributed by atoms with van der Waals surface area (Å²) in [7, 11) is 0. The molecule has 2 aromatic carbocycles. The first-order chi connectivity index (χ1) is 9.69. The molecule has 0 aliphatic carbocycles. The summed E-state index contributed by atoms with van der Waals surface area (Å²) >= 11 is 0. The molecule has 0 amide bonds. The van der Waals surface area contributed by atoms with E-state index < -0.39 is 5.97 Å². The third-order valence-electron chi connectivity index (χ3n) is 3.24. The second-order valence-electron chi connectivity index (χ2n) is 4.47. The van der Waals surface area contributed by atoms with Gasteiger partial charge in [-0.2, -0.15) is 0 Å². The van der Waals surface area contributed by atoms with E-state index in [1.165, 1.54) is 0 Å². The van der Waals surface area contributed by atoms with Gasteiger partial charge in [-0.25, -0.2) is 4.79 Å². The summed E-state index contributed by atoms with van der Waals surface area (Å²) in [6.45, 7) is 0. The number of aromatic carboxylic acids is 1. The third kappa shape index (κ3) is 1.97. The van der Waals surface area contributed by atoms with Gasteiger partial charge in [0, 0.05) is 22.8 Å². The second kappa shape index (κ2) is 4.66. The van der Waals surface area contributed by atoms with Gasteiger partial charge in [0.05, 0.1) is 11.1 Å². The normalized spacial score (nSPS) is 10.6. The van der Waals surface area contributed by atoms with Gasteiger partial charge in [0.2, 0.25) is 0 Å². The number of carboxylic acid groups (broad SMARTS) is 1. The number of hydrogen-bond donors (Lipinski definition) is 1. The SMILES string of the molecule is O=Cc1ccc(-n2ccc3cc(C(=O)O)ccc32)cc1. The number of carboxylic acids is 1. The largest absolute Gasteiger partial charge is 0.478 e. The molecule has 4 heteroatoms. The number of nitrogens with zero attached hydrogens (tertiary/aromatic N) is 1. The summed E-state index contributed by atoms with van der Waals surface area (Å²) in [6, 6.07) is 14.1. The summed E-state index contributed by atoms with van der Waals surface area (Å²) in [6.07, 6.45) is 2.68. The molecule has 1 heterocycles. The number of hydrogen-bond acceptors (Lipinski definition) is 2. The van der Waals surface area contributed by atoms with Gasteiger partial charge in [-0.15, -0.1) is 0 Å². The molecular weight excluding hydrogens is 254 g/mol. The Morgan fingerprint density at radius 1 is 1.05 bits per heavy atom. The molecule has 3 rings (SSSR count). The topological polar surface area (TPSA) is 59.3 Å². The van der Waals surface area contributed by atoms with Gasteiger partial charge in [-0.3, -0.25) is 4.79 Å². The standard InChI is InChI=1S/C16H11NO3/c18-10-11-1-4-14(5-2-11)17-8-7-12-9-13(16(19)20)3-6-15(12)17/h1-10H,(H,19,20). The van der Waals surface area contributed by atoms with Gasteiger partial charge in [0.15, 0.2) is 0 Å². The highest BCUT2D eigenvalue weighted by Gasteiger charge is 2.07. The Morgan fingerprint density at radius 2 is 1.80 bits per heavy atom. The molecule has 0 fully saturated rings. The van der Waals surface area contributed by atoms with E-state index in [2.05, 4.69) is 0 Å². The zero-order valence-electron chi connectivity index (χ0n) is 10.5. The first-order valence-electron chi connectivity index (χ1n) is 6.09. The van der Waals surface area contributed by atoms with E-state index in [4.69, 9.17) is 5.11 Å². The van der Waals surface area contributed by atoms with Gasteiger partial charge in [0.25, 0.3) is 0 Å². The van der Waals surface area contributed by atoms with Gasteiger partial charge < -0.3 is 9.67 Å². The molecule has 4 nitrogen and oxygen atoms in total.